The van der Waals surface area contributed by atoms with Crippen LogP contribution in [0.2, 0.25) is 0 Å². The third-order valence-corrected chi connectivity index (χ3v) is 6.67. The van der Waals surface area contributed by atoms with Crippen molar-refractivity contribution in [3.8, 4) is 5.75 Å². The van der Waals surface area contributed by atoms with E-state index in [1.54, 1.807) is 7.11 Å². The molecule has 4 nitrogen and oxygen atoms in total. The lowest BCUT2D eigenvalue weighted by Gasteiger charge is -2.51. The van der Waals surface area contributed by atoms with E-state index in [1.807, 2.05) is 18.2 Å². The molecule has 0 saturated carbocycles. The maximum atomic E-state index is 13.4. The smallest absolute Gasteiger partial charge is 0.162 e. The van der Waals surface area contributed by atoms with Gasteiger partial charge in [-0.2, -0.15) is 0 Å². The van der Waals surface area contributed by atoms with E-state index in [1.165, 1.54) is 5.56 Å². The number of anilines is 2. The van der Waals surface area contributed by atoms with Crippen LogP contribution in [0.4, 0.5) is 11.4 Å². The predicted molar refractivity (Wildman–Crippen MR) is 133 cm³/mol. The summed E-state index contributed by atoms with van der Waals surface area (Å²) in [6.45, 7) is 5.00. The van der Waals surface area contributed by atoms with E-state index in [0.717, 1.165) is 34.8 Å². The van der Waals surface area contributed by atoms with Gasteiger partial charge in [0.2, 0.25) is 0 Å². The van der Waals surface area contributed by atoms with Crippen molar-refractivity contribution in [2.75, 3.05) is 23.5 Å². The topological polar surface area (TPSA) is 32.8 Å². The van der Waals surface area contributed by atoms with Crippen LogP contribution in [0.1, 0.15) is 38.4 Å². The van der Waals surface area contributed by atoms with Gasteiger partial charge in [0, 0.05) is 29.1 Å². The molecule has 0 spiro atoms. The number of hydrogen-bond acceptors (Lipinski definition) is 4. The first-order valence-corrected chi connectivity index (χ1v) is 11.5. The van der Waals surface area contributed by atoms with Crippen molar-refractivity contribution in [2.45, 2.75) is 32.9 Å². The molecule has 168 valence electrons. The van der Waals surface area contributed by atoms with Gasteiger partial charge in [-0.25, -0.2) is 0 Å². The van der Waals surface area contributed by atoms with E-state index in [0.29, 0.717) is 13.0 Å². The molecule has 0 amide bonds. The van der Waals surface area contributed by atoms with Crippen molar-refractivity contribution >= 4 is 17.2 Å². The summed E-state index contributed by atoms with van der Waals surface area (Å²) in [4.78, 5) is 18.1. The zero-order valence-corrected chi connectivity index (χ0v) is 19.5. The molecule has 1 aliphatic carbocycles. The molecule has 4 heteroatoms. The van der Waals surface area contributed by atoms with Gasteiger partial charge in [-0.3, -0.25) is 4.79 Å². The second-order valence-corrected chi connectivity index (χ2v) is 9.68. The highest BCUT2D eigenvalue weighted by Crippen LogP contribution is 2.48. The third-order valence-electron chi connectivity index (χ3n) is 6.67. The summed E-state index contributed by atoms with van der Waals surface area (Å²) in [5, 5.41) is 0. The summed E-state index contributed by atoms with van der Waals surface area (Å²) in [6, 6.07) is 29.2. The van der Waals surface area contributed by atoms with E-state index in [-0.39, 0.29) is 17.4 Å². The molecular weight excluding hydrogens is 408 g/mol. The number of ether oxygens (including phenoxy) is 1. The van der Waals surface area contributed by atoms with Gasteiger partial charge in [-0.15, -0.1) is 0 Å². The van der Waals surface area contributed by atoms with Crippen LogP contribution in [0, 0.1) is 5.41 Å². The Labute approximate surface area is 196 Å². The van der Waals surface area contributed by atoms with Crippen LogP contribution in [0.15, 0.2) is 96.2 Å². The second-order valence-electron chi connectivity index (χ2n) is 9.68. The zero-order valence-electron chi connectivity index (χ0n) is 19.5. The molecule has 1 unspecified atom stereocenters. The minimum absolute atomic E-state index is 0.0630. The number of hydrogen-bond donors (Lipinski definition) is 0. The number of ketones is 1. The van der Waals surface area contributed by atoms with Crippen molar-refractivity contribution < 1.29 is 9.53 Å². The van der Waals surface area contributed by atoms with Crippen LogP contribution >= 0.6 is 0 Å². The lowest BCUT2D eigenvalue weighted by atomic mass is 9.74. The Morgan fingerprint density at radius 1 is 0.818 bits per heavy atom. The Morgan fingerprint density at radius 2 is 1.45 bits per heavy atom. The number of benzene rings is 3. The van der Waals surface area contributed by atoms with Gasteiger partial charge in [-0.05, 0) is 53.8 Å². The molecule has 1 heterocycles. The summed E-state index contributed by atoms with van der Waals surface area (Å²) < 4.78 is 5.39. The average Bonchev–Trinajstić information content (AvgIpc) is 2.83. The van der Waals surface area contributed by atoms with Crippen LogP contribution in [0.5, 0.6) is 5.75 Å². The molecule has 1 aliphatic heterocycles. The minimum Gasteiger partial charge on any atom is -0.497 e. The number of allylic oxidation sites excluding steroid dienone is 1. The van der Waals surface area contributed by atoms with Gasteiger partial charge in [-0.1, -0.05) is 62.4 Å². The molecule has 0 saturated heterocycles. The van der Waals surface area contributed by atoms with E-state index < -0.39 is 0 Å². The highest BCUT2D eigenvalue weighted by Gasteiger charge is 2.43. The molecule has 0 bridgehead atoms. The highest BCUT2D eigenvalue weighted by molar-refractivity contribution is 6.00. The molecule has 1 atom stereocenters. The van der Waals surface area contributed by atoms with Crippen LogP contribution in [-0.2, 0) is 4.79 Å². The minimum atomic E-state index is -0.0672. The first-order valence-electron chi connectivity index (χ1n) is 11.5. The number of rotatable bonds is 4. The molecule has 3 aromatic carbocycles. The van der Waals surface area contributed by atoms with E-state index in [2.05, 4.69) is 90.4 Å². The number of carbonyl (C=O) groups excluding carboxylic acids is 1. The normalized spacial score (nSPS) is 20.0. The molecule has 33 heavy (non-hydrogen) atoms. The van der Waals surface area contributed by atoms with Gasteiger partial charge >= 0.3 is 0 Å². The van der Waals surface area contributed by atoms with Crippen molar-refractivity contribution in [3.05, 3.63) is 102 Å². The van der Waals surface area contributed by atoms with Crippen molar-refractivity contribution in [1.29, 1.82) is 0 Å². The average molecular weight is 439 g/mol. The fraction of sp³-hybridized carbons (Fsp3) is 0.276. The number of Topliss-reactive ketones (excluding diaryl/α,β-unsaturated/α-hetero) is 1. The summed E-state index contributed by atoms with van der Waals surface area (Å²) in [6.07, 6.45) is 1.39. The molecule has 3 aromatic rings. The number of carbonyl (C=O) groups is 1. The fourth-order valence-corrected chi connectivity index (χ4v) is 5.12. The Bertz CT molecular complexity index is 1170. The van der Waals surface area contributed by atoms with E-state index >= 15 is 0 Å². The molecule has 5 rings (SSSR count). The van der Waals surface area contributed by atoms with Gasteiger partial charge < -0.3 is 14.5 Å². The Hall–Kier alpha value is -3.53. The lowest BCUT2D eigenvalue weighted by Crippen LogP contribution is -2.51. The summed E-state index contributed by atoms with van der Waals surface area (Å²) >= 11 is 0. The van der Waals surface area contributed by atoms with Crippen molar-refractivity contribution in [3.63, 3.8) is 0 Å². The molecule has 0 N–H and O–H groups in total. The first kappa shape index (κ1) is 21.3. The fourth-order valence-electron chi connectivity index (χ4n) is 5.12. The van der Waals surface area contributed by atoms with Crippen LogP contribution < -0.4 is 14.5 Å². The third kappa shape index (κ3) is 4.02. The molecule has 0 aromatic heterocycles. The SMILES string of the molecule is COc1ccc(N2CC3=C(CC(C)(C)CC3=O)N(c3ccccc3)C2c2ccccc2)cc1. The molecule has 2 aliphatic rings. The summed E-state index contributed by atoms with van der Waals surface area (Å²) in [5.74, 6) is 1.08. The number of nitrogens with zero attached hydrogens (tertiary/aromatic N) is 2. The molecule has 0 radical (unpaired) electrons. The van der Waals surface area contributed by atoms with Crippen molar-refractivity contribution in [2.24, 2.45) is 5.41 Å². The standard InChI is InChI=1S/C29H30N2O2/c1-29(2)18-26-25(27(32)19-29)20-30(22-14-16-24(33-3)17-15-22)28(21-10-6-4-7-11-21)31(26)23-12-8-5-9-13-23/h4-17,28H,18-20H2,1-3H3. The van der Waals surface area contributed by atoms with Gasteiger partial charge in [0.05, 0.1) is 13.7 Å². The van der Waals surface area contributed by atoms with Gasteiger partial charge in [0.25, 0.3) is 0 Å². The quantitative estimate of drug-likeness (QED) is 0.474. The zero-order chi connectivity index (χ0) is 23.0. The summed E-state index contributed by atoms with van der Waals surface area (Å²) in [5.41, 5.74) is 5.38. The Morgan fingerprint density at radius 3 is 2.09 bits per heavy atom. The first-order chi connectivity index (χ1) is 16.0. The number of methoxy groups -OCH3 is 1. The maximum absolute atomic E-state index is 13.4. The van der Waals surface area contributed by atoms with Gasteiger partial charge in [0.1, 0.15) is 11.9 Å². The Kier molecular flexibility index (Phi) is 5.45. The van der Waals surface area contributed by atoms with Crippen LogP contribution in [-0.4, -0.2) is 19.4 Å². The monoisotopic (exact) mass is 438 g/mol. The van der Waals surface area contributed by atoms with Crippen LogP contribution in [0.25, 0.3) is 0 Å². The van der Waals surface area contributed by atoms with E-state index in [4.69, 9.17) is 4.74 Å². The molecular formula is C29H30N2O2. The summed E-state index contributed by atoms with van der Waals surface area (Å²) in [7, 11) is 1.68. The van der Waals surface area contributed by atoms with E-state index in [9.17, 15) is 4.79 Å². The van der Waals surface area contributed by atoms with Gasteiger partial charge in [0.15, 0.2) is 5.78 Å². The highest BCUT2D eigenvalue weighted by atomic mass is 16.5. The predicted octanol–water partition coefficient (Wildman–Crippen LogP) is 6.36. The van der Waals surface area contributed by atoms with Crippen molar-refractivity contribution in [1.82, 2.24) is 0 Å². The second kappa shape index (κ2) is 8.43. The largest absolute Gasteiger partial charge is 0.497 e. The lowest BCUT2D eigenvalue weighted by molar-refractivity contribution is -0.118. The Balaban J connectivity index is 1.73. The maximum Gasteiger partial charge on any atom is 0.162 e. The number of para-hydroxylation sites is 1. The van der Waals surface area contributed by atoms with Crippen LogP contribution in [0.3, 0.4) is 0 Å². The molecule has 0 fully saturated rings.